The maximum atomic E-state index is 10.1. The van der Waals surface area contributed by atoms with Crippen LogP contribution in [0.4, 0.5) is 5.95 Å². The Labute approximate surface area is 127 Å². The Morgan fingerprint density at radius 2 is 2.05 bits per heavy atom. The van der Waals surface area contributed by atoms with Gasteiger partial charge in [0.25, 0.3) is 0 Å². The van der Waals surface area contributed by atoms with Crippen molar-refractivity contribution < 1.29 is 5.11 Å². The molecule has 2 aromatic heterocycles. The SMILES string of the molecule is Cc1ccc(-n2nnnc2NCC(O)c2cnn(C)c2)cc1. The smallest absolute Gasteiger partial charge is 0.247 e. The summed E-state index contributed by atoms with van der Waals surface area (Å²) in [4.78, 5) is 0. The summed E-state index contributed by atoms with van der Waals surface area (Å²) < 4.78 is 3.24. The van der Waals surface area contributed by atoms with E-state index >= 15 is 0 Å². The number of nitrogens with zero attached hydrogens (tertiary/aromatic N) is 6. The van der Waals surface area contributed by atoms with Crippen molar-refractivity contribution in [1.29, 1.82) is 0 Å². The molecule has 0 spiro atoms. The van der Waals surface area contributed by atoms with E-state index in [-0.39, 0.29) is 6.54 Å². The molecule has 1 unspecified atom stereocenters. The molecule has 0 aliphatic carbocycles. The molecule has 0 radical (unpaired) electrons. The number of aliphatic hydroxyl groups excluding tert-OH is 1. The number of rotatable bonds is 5. The van der Waals surface area contributed by atoms with E-state index in [1.807, 2.05) is 38.2 Å². The van der Waals surface area contributed by atoms with Gasteiger partial charge in [-0.3, -0.25) is 4.68 Å². The summed E-state index contributed by atoms with van der Waals surface area (Å²) >= 11 is 0. The van der Waals surface area contributed by atoms with Crippen molar-refractivity contribution in [2.45, 2.75) is 13.0 Å². The van der Waals surface area contributed by atoms with Crippen LogP contribution < -0.4 is 5.32 Å². The molecule has 0 amide bonds. The molecule has 8 nitrogen and oxygen atoms in total. The van der Waals surface area contributed by atoms with Gasteiger partial charge in [-0.15, -0.1) is 0 Å². The van der Waals surface area contributed by atoms with Gasteiger partial charge < -0.3 is 10.4 Å². The quantitative estimate of drug-likeness (QED) is 0.725. The van der Waals surface area contributed by atoms with E-state index in [9.17, 15) is 5.11 Å². The zero-order valence-corrected chi connectivity index (χ0v) is 12.4. The number of hydrogen-bond acceptors (Lipinski definition) is 6. The number of tetrazole rings is 1. The van der Waals surface area contributed by atoms with Crippen LogP contribution in [0.15, 0.2) is 36.7 Å². The Hall–Kier alpha value is -2.74. The van der Waals surface area contributed by atoms with Crippen LogP contribution in [0.3, 0.4) is 0 Å². The van der Waals surface area contributed by atoms with Crippen molar-refractivity contribution in [3.8, 4) is 5.69 Å². The second kappa shape index (κ2) is 5.94. The Morgan fingerprint density at radius 1 is 1.27 bits per heavy atom. The zero-order valence-electron chi connectivity index (χ0n) is 12.4. The second-order valence-corrected chi connectivity index (χ2v) is 5.09. The lowest BCUT2D eigenvalue weighted by Gasteiger charge is -2.11. The molecule has 0 saturated carbocycles. The molecule has 0 aliphatic heterocycles. The first-order valence-electron chi connectivity index (χ1n) is 6.89. The monoisotopic (exact) mass is 299 g/mol. The van der Waals surface area contributed by atoms with Crippen molar-refractivity contribution in [2.24, 2.45) is 7.05 Å². The van der Waals surface area contributed by atoms with E-state index in [1.54, 1.807) is 21.8 Å². The molecule has 8 heteroatoms. The Morgan fingerprint density at radius 3 is 2.73 bits per heavy atom. The van der Waals surface area contributed by atoms with Gasteiger partial charge in [-0.2, -0.15) is 9.78 Å². The van der Waals surface area contributed by atoms with Crippen LogP contribution in [-0.2, 0) is 7.05 Å². The minimum atomic E-state index is -0.683. The lowest BCUT2D eigenvalue weighted by Crippen LogP contribution is -2.15. The van der Waals surface area contributed by atoms with Gasteiger partial charge in [0, 0.05) is 25.4 Å². The van der Waals surface area contributed by atoms with Crippen LogP contribution in [0.5, 0.6) is 0 Å². The zero-order chi connectivity index (χ0) is 15.5. The predicted molar refractivity (Wildman–Crippen MR) is 80.5 cm³/mol. The number of aryl methyl sites for hydroxylation is 2. The molecule has 22 heavy (non-hydrogen) atoms. The summed E-state index contributed by atoms with van der Waals surface area (Å²) in [6.07, 6.45) is 2.72. The first kappa shape index (κ1) is 14.2. The molecule has 1 atom stereocenters. The maximum Gasteiger partial charge on any atom is 0.247 e. The van der Waals surface area contributed by atoms with Crippen LogP contribution in [0, 0.1) is 6.92 Å². The lowest BCUT2D eigenvalue weighted by atomic mass is 10.2. The highest BCUT2D eigenvalue weighted by Crippen LogP contribution is 2.15. The maximum absolute atomic E-state index is 10.1. The van der Waals surface area contributed by atoms with Gasteiger partial charge in [0.05, 0.1) is 18.0 Å². The molecule has 0 bridgehead atoms. The van der Waals surface area contributed by atoms with E-state index in [0.29, 0.717) is 5.95 Å². The van der Waals surface area contributed by atoms with Crippen molar-refractivity contribution in [2.75, 3.05) is 11.9 Å². The van der Waals surface area contributed by atoms with Gasteiger partial charge in [0.1, 0.15) is 0 Å². The fraction of sp³-hybridized carbons (Fsp3) is 0.286. The highest BCUT2D eigenvalue weighted by Gasteiger charge is 2.13. The molecule has 0 aliphatic rings. The van der Waals surface area contributed by atoms with Crippen molar-refractivity contribution in [1.82, 2.24) is 30.0 Å². The first-order valence-corrected chi connectivity index (χ1v) is 6.89. The summed E-state index contributed by atoms with van der Waals surface area (Å²) in [5, 5.41) is 28.8. The predicted octanol–water partition coefficient (Wildman–Crippen LogP) is 0.850. The number of hydrogen-bond donors (Lipinski definition) is 2. The van der Waals surface area contributed by atoms with Crippen molar-refractivity contribution in [3.63, 3.8) is 0 Å². The van der Waals surface area contributed by atoms with E-state index in [2.05, 4.69) is 25.9 Å². The number of aliphatic hydroxyl groups is 1. The number of anilines is 1. The van der Waals surface area contributed by atoms with E-state index < -0.39 is 6.10 Å². The topological polar surface area (TPSA) is 93.7 Å². The van der Waals surface area contributed by atoms with E-state index in [4.69, 9.17) is 0 Å². The highest BCUT2D eigenvalue weighted by molar-refractivity contribution is 5.40. The Balaban J connectivity index is 1.71. The van der Waals surface area contributed by atoms with Gasteiger partial charge in [-0.1, -0.05) is 22.8 Å². The Kier molecular flexibility index (Phi) is 3.84. The molecule has 0 saturated heterocycles. The van der Waals surface area contributed by atoms with Crippen LogP contribution in [-0.4, -0.2) is 41.6 Å². The first-order chi connectivity index (χ1) is 10.6. The minimum Gasteiger partial charge on any atom is -0.386 e. The fourth-order valence-corrected chi connectivity index (χ4v) is 2.08. The number of benzene rings is 1. The van der Waals surface area contributed by atoms with Gasteiger partial charge in [0.2, 0.25) is 5.95 Å². The molecule has 1 aromatic carbocycles. The highest BCUT2D eigenvalue weighted by atomic mass is 16.3. The van der Waals surface area contributed by atoms with Crippen molar-refractivity contribution >= 4 is 5.95 Å². The summed E-state index contributed by atoms with van der Waals surface area (Å²) in [5.41, 5.74) is 2.76. The van der Waals surface area contributed by atoms with E-state index in [0.717, 1.165) is 11.3 Å². The van der Waals surface area contributed by atoms with Crippen LogP contribution in [0.1, 0.15) is 17.2 Å². The molecule has 2 heterocycles. The van der Waals surface area contributed by atoms with Gasteiger partial charge in [-0.05, 0) is 29.5 Å². The van der Waals surface area contributed by atoms with Gasteiger partial charge in [-0.25, -0.2) is 0 Å². The van der Waals surface area contributed by atoms with E-state index in [1.165, 1.54) is 5.56 Å². The third kappa shape index (κ3) is 2.96. The lowest BCUT2D eigenvalue weighted by molar-refractivity contribution is 0.191. The molecule has 3 rings (SSSR count). The third-order valence-electron chi connectivity index (χ3n) is 3.31. The second-order valence-electron chi connectivity index (χ2n) is 5.09. The number of nitrogens with one attached hydrogen (secondary N) is 1. The van der Waals surface area contributed by atoms with Crippen LogP contribution in [0.2, 0.25) is 0 Å². The van der Waals surface area contributed by atoms with Gasteiger partial charge in [0.15, 0.2) is 0 Å². The molecular formula is C14H17N7O. The summed E-state index contributed by atoms with van der Waals surface area (Å²) in [6.45, 7) is 2.31. The fourth-order valence-electron chi connectivity index (χ4n) is 2.08. The van der Waals surface area contributed by atoms with Crippen LogP contribution >= 0.6 is 0 Å². The standard InChI is InChI=1S/C14H17N7O/c1-10-3-5-12(6-4-10)21-14(17-18-19-21)15-8-13(22)11-7-16-20(2)9-11/h3-7,9,13,22H,8H2,1-2H3,(H,15,17,19). The minimum absolute atomic E-state index is 0.290. The summed E-state index contributed by atoms with van der Waals surface area (Å²) in [6, 6.07) is 7.86. The summed E-state index contributed by atoms with van der Waals surface area (Å²) in [5.74, 6) is 0.479. The average molecular weight is 299 g/mol. The Bertz CT molecular complexity index is 747. The molecule has 3 aromatic rings. The normalized spacial score (nSPS) is 12.3. The van der Waals surface area contributed by atoms with Gasteiger partial charge >= 0.3 is 0 Å². The summed E-state index contributed by atoms with van der Waals surface area (Å²) in [7, 11) is 1.81. The molecule has 2 N–H and O–H groups in total. The van der Waals surface area contributed by atoms with Crippen LogP contribution in [0.25, 0.3) is 5.69 Å². The molecule has 114 valence electrons. The number of aromatic nitrogens is 6. The van der Waals surface area contributed by atoms with Crippen molar-refractivity contribution in [3.05, 3.63) is 47.8 Å². The molecular weight excluding hydrogens is 282 g/mol. The average Bonchev–Trinajstić information content (AvgIpc) is 3.14. The molecule has 0 fully saturated rings. The third-order valence-corrected chi connectivity index (χ3v) is 3.31. The largest absolute Gasteiger partial charge is 0.386 e.